The van der Waals surface area contributed by atoms with Crippen molar-refractivity contribution in [1.29, 1.82) is 0 Å². The Balaban J connectivity index is 2.40. The Labute approximate surface area is 113 Å². The van der Waals surface area contributed by atoms with Gasteiger partial charge in [-0.2, -0.15) is 0 Å². The lowest BCUT2D eigenvalue weighted by molar-refractivity contribution is 0.460. The van der Waals surface area contributed by atoms with Crippen LogP contribution in [0, 0.1) is 12.0 Å². The highest BCUT2D eigenvalue weighted by Gasteiger charge is 2.38. The number of rotatable bonds is 3. The van der Waals surface area contributed by atoms with E-state index in [1.54, 1.807) is 0 Å². The Kier molecular flexibility index (Phi) is 5.04. The van der Waals surface area contributed by atoms with Crippen molar-refractivity contribution in [2.24, 2.45) is 0 Å². The summed E-state index contributed by atoms with van der Waals surface area (Å²) in [5.41, 5.74) is 1.33. The van der Waals surface area contributed by atoms with E-state index in [1.807, 2.05) is 6.07 Å². The molecular formula is C16H24OSi. The minimum atomic E-state index is -1.71. The molecule has 0 aromatic heterocycles. The lowest BCUT2D eigenvalue weighted by atomic mass is 10.1. The Bertz CT molecular complexity index is 418. The first kappa shape index (κ1) is 14.9. The fraction of sp³-hybridized carbons (Fsp3) is 0.500. The molecule has 2 heteroatoms. The van der Waals surface area contributed by atoms with Crippen molar-refractivity contribution in [1.82, 2.24) is 0 Å². The van der Waals surface area contributed by atoms with E-state index < -0.39 is 8.32 Å². The molecule has 18 heavy (non-hydrogen) atoms. The van der Waals surface area contributed by atoms with Crippen molar-refractivity contribution < 1.29 is 4.43 Å². The van der Waals surface area contributed by atoms with E-state index in [-0.39, 0.29) is 5.04 Å². The van der Waals surface area contributed by atoms with Crippen molar-refractivity contribution in [3.05, 3.63) is 35.9 Å². The summed E-state index contributed by atoms with van der Waals surface area (Å²) in [5, 5.41) is 0.223. The second kappa shape index (κ2) is 6.11. The minimum Gasteiger partial charge on any atom is -0.500 e. The second-order valence-corrected chi connectivity index (χ2v) is 10.9. The van der Waals surface area contributed by atoms with Crippen molar-refractivity contribution >= 4 is 8.32 Å². The summed E-state index contributed by atoms with van der Waals surface area (Å²) in [6.07, 6.45) is 4.77. The Morgan fingerprint density at radius 3 is 2.28 bits per heavy atom. The van der Waals surface area contributed by atoms with E-state index >= 15 is 0 Å². The van der Waals surface area contributed by atoms with Crippen molar-refractivity contribution in [2.45, 2.75) is 51.7 Å². The van der Waals surface area contributed by atoms with Crippen LogP contribution in [0.25, 0.3) is 0 Å². The average Bonchev–Trinajstić information content (AvgIpc) is 2.28. The minimum absolute atomic E-state index is 0.223. The molecule has 0 fully saturated rings. The molecule has 0 N–H and O–H groups in total. The van der Waals surface area contributed by atoms with E-state index in [1.165, 1.54) is 5.56 Å². The number of aryl methyl sites for hydroxylation is 1. The molecule has 1 aromatic carbocycles. The first-order chi connectivity index (χ1) is 8.33. The maximum Gasteiger partial charge on any atom is 0.264 e. The lowest BCUT2D eigenvalue weighted by Gasteiger charge is -2.33. The maximum atomic E-state index is 5.81. The third kappa shape index (κ3) is 4.58. The van der Waals surface area contributed by atoms with Crippen LogP contribution in [0.1, 0.15) is 32.8 Å². The molecule has 0 spiro atoms. The summed E-state index contributed by atoms with van der Waals surface area (Å²) in [6, 6.07) is 10.4. The molecule has 98 valence electrons. The Morgan fingerprint density at radius 1 is 1.11 bits per heavy atom. The van der Waals surface area contributed by atoms with Crippen LogP contribution in [0.5, 0.6) is 0 Å². The van der Waals surface area contributed by atoms with Crippen molar-refractivity contribution in [2.75, 3.05) is 0 Å². The molecule has 0 saturated carbocycles. The van der Waals surface area contributed by atoms with Crippen LogP contribution in [0.3, 0.4) is 0 Å². The molecule has 1 aromatic rings. The van der Waals surface area contributed by atoms with E-state index in [0.717, 1.165) is 12.8 Å². The maximum absolute atomic E-state index is 5.81. The van der Waals surface area contributed by atoms with Gasteiger partial charge in [-0.25, -0.2) is 0 Å². The molecule has 0 aliphatic rings. The first-order valence-corrected chi connectivity index (χ1v) is 9.43. The third-order valence-electron chi connectivity index (χ3n) is 3.57. The van der Waals surface area contributed by atoms with Crippen LogP contribution >= 0.6 is 0 Å². The van der Waals surface area contributed by atoms with Crippen molar-refractivity contribution in [3.8, 4) is 12.0 Å². The zero-order valence-corrected chi connectivity index (χ0v) is 13.2. The van der Waals surface area contributed by atoms with E-state index in [9.17, 15) is 0 Å². The van der Waals surface area contributed by atoms with Gasteiger partial charge in [0.1, 0.15) is 0 Å². The summed E-state index contributed by atoms with van der Waals surface area (Å²) in [5.74, 6) is 3.12. The lowest BCUT2D eigenvalue weighted by Crippen LogP contribution is -2.39. The van der Waals surface area contributed by atoms with Gasteiger partial charge in [-0.1, -0.05) is 57.0 Å². The molecule has 1 rings (SSSR count). The number of benzene rings is 1. The summed E-state index contributed by atoms with van der Waals surface area (Å²) in [6.45, 7) is 11.1. The third-order valence-corrected chi connectivity index (χ3v) is 7.79. The fourth-order valence-electron chi connectivity index (χ4n) is 1.22. The van der Waals surface area contributed by atoms with Gasteiger partial charge in [0.25, 0.3) is 8.32 Å². The summed E-state index contributed by atoms with van der Waals surface area (Å²) < 4.78 is 5.81. The molecular weight excluding hydrogens is 236 g/mol. The largest absolute Gasteiger partial charge is 0.500 e. The number of hydrogen-bond donors (Lipinski definition) is 0. The zero-order chi connectivity index (χ0) is 13.6. The molecule has 0 aliphatic carbocycles. The average molecular weight is 260 g/mol. The summed E-state index contributed by atoms with van der Waals surface area (Å²) in [7, 11) is -1.71. The molecule has 0 amide bonds. The second-order valence-electron chi connectivity index (χ2n) is 6.13. The first-order valence-electron chi connectivity index (χ1n) is 6.53. The van der Waals surface area contributed by atoms with Crippen LogP contribution < -0.4 is 0 Å². The van der Waals surface area contributed by atoms with Gasteiger partial charge in [0.05, 0.1) is 6.11 Å². The zero-order valence-electron chi connectivity index (χ0n) is 12.2. The molecule has 0 heterocycles. The van der Waals surface area contributed by atoms with Crippen LogP contribution in [-0.4, -0.2) is 8.32 Å². The van der Waals surface area contributed by atoms with Gasteiger partial charge in [0.2, 0.25) is 0 Å². The Hall–Kier alpha value is -1.20. The van der Waals surface area contributed by atoms with Crippen LogP contribution in [0.4, 0.5) is 0 Å². The van der Waals surface area contributed by atoms with Gasteiger partial charge < -0.3 is 4.43 Å². The van der Waals surface area contributed by atoms with Crippen LogP contribution in [0.15, 0.2) is 30.3 Å². The summed E-state index contributed by atoms with van der Waals surface area (Å²) in [4.78, 5) is 0. The molecule has 0 aliphatic heterocycles. The highest BCUT2D eigenvalue weighted by molar-refractivity contribution is 6.74. The van der Waals surface area contributed by atoms with Gasteiger partial charge in [-0.05, 0) is 30.1 Å². The number of hydrogen-bond acceptors (Lipinski definition) is 1. The molecule has 0 unspecified atom stereocenters. The SMILES string of the molecule is CC(C)(C)[Si](C)(C)OC#CCCc1ccccc1. The van der Waals surface area contributed by atoms with Gasteiger partial charge in [-0.15, -0.1) is 0 Å². The molecule has 1 nitrogen and oxygen atoms in total. The Morgan fingerprint density at radius 2 is 1.72 bits per heavy atom. The van der Waals surface area contributed by atoms with Crippen LogP contribution in [0.2, 0.25) is 18.1 Å². The summed E-state index contributed by atoms with van der Waals surface area (Å²) >= 11 is 0. The van der Waals surface area contributed by atoms with E-state index in [0.29, 0.717) is 0 Å². The van der Waals surface area contributed by atoms with Gasteiger partial charge in [0, 0.05) is 6.42 Å². The van der Waals surface area contributed by atoms with E-state index in [2.05, 4.69) is 70.2 Å². The molecule has 0 saturated heterocycles. The van der Waals surface area contributed by atoms with Gasteiger partial charge >= 0.3 is 0 Å². The van der Waals surface area contributed by atoms with Gasteiger partial charge in [-0.3, -0.25) is 0 Å². The van der Waals surface area contributed by atoms with E-state index in [4.69, 9.17) is 4.43 Å². The highest BCUT2D eigenvalue weighted by Crippen LogP contribution is 2.36. The predicted molar refractivity (Wildman–Crippen MR) is 80.8 cm³/mol. The normalized spacial score (nSPS) is 11.6. The molecule has 0 radical (unpaired) electrons. The monoisotopic (exact) mass is 260 g/mol. The van der Waals surface area contributed by atoms with Crippen LogP contribution in [-0.2, 0) is 10.8 Å². The molecule has 0 atom stereocenters. The predicted octanol–water partition coefficient (Wildman–Crippen LogP) is 4.60. The fourth-order valence-corrected chi connectivity index (χ4v) is 1.85. The standard InChI is InChI=1S/C16H24OSi/c1-16(2,3)18(4,5)17-14-10-9-13-15-11-7-6-8-12-15/h6-8,11-12H,9,13H2,1-5H3. The molecule has 0 bridgehead atoms. The van der Waals surface area contributed by atoms with Gasteiger partial charge in [0.15, 0.2) is 0 Å². The van der Waals surface area contributed by atoms with Crippen molar-refractivity contribution in [3.63, 3.8) is 0 Å². The smallest absolute Gasteiger partial charge is 0.264 e. The quantitative estimate of drug-likeness (QED) is 0.570. The topological polar surface area (TPSA) is 9.23 Å². The highest BCUT2D eigenvalue weighted by atomic mass is 28.4.